The molecule has 36 heavy (non-hydrogen) atoms. The van der Waals surface area contributed by atoms with Crippen molar-refractivity contribution in [1.29, 1.82) is 0 Å². The number of benzene rings is 5. The Kier molecular flexibility index (Phi) is 5.08. The van der Waals surface area contributed by atoms with Crippen molar-refractivity contribution in [3.8, 4) is 0 Å². The molecule has 0 aliphatic heterocycles. The van der Waals surface area contributed by atoms with E-state index >= 15 is 0 Å². The van der Waals surface area contributed by atoms with Crippen molar-refractivity contribution in [2.24, 2.45) is 0 Å². The molecular formula is C30H20BNO2S2. The zero-order valence-corrected chi connectivity index (χ0v) is 20.8. The average Bonchev–Trinajstić information content (AvgIpc) is 3.47. The second kappa shape index (κ2) is 8.47. The molecule has 172 valence electrons. The highest BCUT2D eigenvalue weighted by molar-refractivity contribution is 7.26. The Hall–Kier alpha value is -3.68. The third kappa shape index (κ3) is 3.42. The summed E-state index contributed by atoms with van der Waals surface area (Å²) in [6.45, 7) is 0. The van der Waals surface area contributed by atoms with Crippen LogP contribution in [0, 0.1) is 0 Å². The van der Waals surface area contributed by atoms with E-state index in [1.165, 1.54) is 40.3 Å². The van der Waals surface area contributed by atoms with Crippen LogP contribution in [0.25, 0.3) is 40.3 Å². The van der Waals surface area contributed by atoms with Gasteiger partial charge in [-0.05, 0) is 54.0 Å². The first kappa shape index (κ1) is 21.6. The highest BCUT2D eigenvalue weighted by Crippen LogP contribution is 2.46. The Bertz CT molecular complexity index is 1890. The third-order valence-corrected chi connectivity index (χ3v) is 8.96. The Morgan fingerprint density at radius 2 is 1.14 bits per heavy atom. The molecule has 2 N–H and O–H groups in total. The molecule has 0 amide bonds. The van der Waals surface area contributed by atoms with Crippen LogP contribution in [0.3, 0.4) is 0 Å². The van der Waals surface area contributed by atoms with E-state index in [2.05, 4.69) is 89.8 Å². The fraction of sp³-hybridized carbons (Fsp3) is 0. The number of hydrogen-bond donors (Lipinski definition) is 2. The molecule has 7 rings (SSSR count). The van der Waals surface area contributed by atoms with Crippen LogP contribution in [0.5, 0.6) is 0 Å². The van der Waals surface area contributed by atoms with Gasteiger partial charge in [-0.15, -0.1) is 22.7 Å². The van der Waals surface area contributed by atoms with E-state index in [4.69, 9.17) is 0 Å². The lowest BCUT2D eigenvalue weighted by molar-refractivity contribution is 0.426. The van der Waals surface area contributed by atoms with Gasteiger partial charge in [-0.1, -0.05) is 60.7 Å². The maximum absolute atomic E-state index is 9.65. The van der Waals surface area contributed by atoms with E-state index in [0.717, 1.165) is 17.1 Å². The SMILES string of the molecule is OB(O)c1ccc(N(c2ccc3c(c2)sc2ccccc23)c2cccc3sc4ccccc4c23)cc1. The molecule has 0 fully saturated rings. The van der Waals surface area contributed by atoms with Crippen LogP contribution in [-0.4, -0.2) is 17.2 Å². The second-order valence-corrected chi connectivity index (χ2v) is 11.0. The van der Waals surface area contributed by atoms with Gasteiger partial charge in [-0.25, -0.2) is 0 Å². The van der Waals surface area contributed by atoms with Crippen molar-refractivity contribution < 1.29 is 10.0 Å². The van der Waals surface area contributed by atoms with Gasteiger partial charge in [0, 0.05) is 51.7 Å². The maximum Gasteiger partial charge on any atom is 0.488 e. The molecule has 6 heteroatoms. The molecule has 3 nitrogen and oxygen atoms in total. The summed E-state index contributed by atoms with van der Waals surface area (Å²) in [4.78, 5) is 2.28. The monoisotopic (exact) mass is 501 g/mol. The molecule has 0 unspecified atom stereocenters. The molecule has 0 saturated heterocycles. The summed E-state index contributed by atoms with van der Waals surface area (Å²) >= 11 is 3.61. The molecule has 0 radical (unpaired) electrons. The molecule has 0 aliphatic rings. The van der Waals surface area contributed by atoms with Crippen molar-refractivity contribution >= 4 is 92.7 Å². The van der Waals surface area contributed by atoms with E-state index in [-0.39, 0.29) is 0 Å². The Labute approximate surface area is 216 Å². The van der Waals surface area contributed by atoms with Gasteiger partial charge < -0.3 is 14.9 Å². The van der Waals surface area contributed by atoms with Crippen molar-refractivity contribution in [3.63, 3.8) is 0 Å². The van der Waals surface area contributed by atoms with Crippen molar-refractivity contribution in [3.05, 3.63) is 109 Å². The Morgan fingerprint density at radius 1 is 0.528 bits per heavy atom. The molecule has 2 aromatic heterocycles. The van der Waals surface area contributed by atoms with Gasteiger partial charge in [0.25, 0.3) is 0 Å². The molecule has 5 aromatic carbocycles. The first-order valence-electron chi connectivity index (χ1n) is 11.8. The fourth-order valence-electron chi connectivity index (χ4n) is 5.02. The Balaban J connectivity index is 1.50. The maximum atomic E-state index is 9.65. The molecule has 2 heterocycles. The van der Waals surface area contributed by atoms with Crippen LogP contribution < -0.4 is 10.4 Å². The quantitative estimate of drug-likeness (QED) is 0.245. The third-order valence-electron chi connectivity index (χ3n) is 6.69. The molecule has 0 bridgehead atoms. The summed E-state index contributed by atoms with van der Waals surface area (Å²) in [5.41, 5.74) is 3.59. The molecular weight excluding hydrogens is 481 g/mol. The van der Waals surface area contributed by atoms with Crippen molar-refractivity contribution in [2.45, 2.75) is 0 Å². The van der Waals surface area contributed by atoms with Crippen LogP contribution in [0.2, 0.25) is 0 Å². The highest BCUT2D eigenvalue weighted by atomic mass is 32.1. The number of thiophene rings is 2. The first-order chi connectivity index (χ1) is 17.7. The molecule has 0 spiro atoms. The molecule has 0 aliphatic carbocycles. The van der Waals surface area contributed by atoms with Crippen molar-refractivity contribution in [2.75, 3.05) is 4.90 Å². The predicted molar refractivity (Wildman–Crippen MR) is 157 cm³/mol. The van der Waals surface area contributed by atoms with Gasteiger partial charge in [0.05, 0.1) is 5.69 Å². The van der Waals surface area contributed by atoms with E-state index in [1.54, 1.807) is 23.5 Å². The predicted octanol–water partition coefficient (Wildman–Crippen LogP) is 7.57. The number of anilines is 3. The van der Waals surface area contributed by atoms with Crippen LogP contribution in [0.4, 0.5) is 17.1 Å². The summed E-state index contributed by atoms with van der Waals surface area (Å²) in [5, 5.41) is 24.3. The zero-order valence-electron chi connectivity index (χ0n) is 19.1. The number of fused-ring (bicyclic) bond motifs is 6. The lowest BCUT2D eigenvalue weighted by Gasteiger charge is -2.27. The van der Waals surface area contributed by atoms with Gasteiger partial charge in [0.2, 0.25) is 0 Å². The lowest BCUT2D eigenvalue weighted by Crippen LogP contribution is -2.29. The fourth-order valence-corrected chi connectivity index (χ4v) is 7.28. The van der Waals surface area contributed by atoms with Gasteiger partial charge in [0.1, 0.15) is 0 Å². The van der Waals surface area contributed by atoms with E-state index in [1.807, 2.05) is 23.5 Å². The molecule has 0 saturated carbocycles. The van der Waals surface area contributed by atoms with Crippen LogP contribution in [-0.2, 0) is 0 Å². The zero-order chi connectivity index (χ0) is 24.2. The largest absolute Gasteiger partial charge is 0.488 e. The second-order valence-electron chi connectivity index (χ2n) is 8.83. The average molecular weight is 501 g/mol. The molecule has 7 aromatic rings. The highest BCUT2D eigenvalue weighted by Gasteiger charge is 2.20. The summed E-state index contributed by atoms with van der Waals surface area (Å²) in [6, 6.07) is 37.7. The minimum atomic E-state index is -1.49. The summed E-state index contributed by atoms with van der Waals surface area (Å²) in [6.07, 6.45) is 0. The minimum absolute atomic E-state index is 0.470. The first-order valence-corrected chi connectivity index (χ1v) is 13.4. The number of hydrogen-bond acceptors (Lipinski definition) is 5. The van der Waals surface area contributed by atoms with Crippen LogP contribution >= 0.6 is 22.7 Å². The normalized spacial score (nSPS) is 11.6. The van der Waals surface area contributed by atoms with Crippen LogP contribution in [0.15, 0.2) is 109 Å². The lowest BCUT2D eigenvalue weighted by atomic mass is 9.80. The van der Waals surface area contributed by atoms with Gasteiger partial charge >= 0.3 is 7.12 Å². The van der Waals surface area contributed by atoms with Gasteiger partial charge in [0.15, 0.2) is 0 Å². The van der Waals surface area contributed by atoms with Gasteiger partial charge in [-0.3, -0.25) is 0 Å². The Morgan fingerprint density at radius 3 is 1.92 bits per heavy atom. The smallest absolute Gasteiger partial charge is 0.423 e. The topological polar surface area (TPSA) is 43.7 Å². The molecule has 0 atom stereocenters. The summed E-state index contributed by atoms with van der Waals surface area (Å²) in [5.74, 6) is 0. The van der Waals surface area contributed by atoms with Gasteiger partial charge in [-0.2, -0.15) is 0 Å². The summed E-state index contributed by atoms with van der Waals surface area (Å²) < 4.78 is 5.02. The minimum Gasteiger partial charge on any atom is -0.423 e. The standard InChI is InChI=1S/C30H20BNO2S2/c33-31(34)19-12-14-20(15-13-19)32(21-16-17-23-22-6-1-3-9-26(22)36-29(23)18-21)25-8-5-11-28-30(25)24-7-2-4-10-27(24)35-28/h1-18,33-34H. The van der Waals surface area contributed by atoms with E-state index < -0.39 is 7.12 Å². The van der Waals surface area contributed by atoms with Crippen molar-refractivity contribution in [1.82, 2.24) is 0 Å². The van der Waals surface area contributed by atoms with E-state index in [9.17, 15) is 10.0 Å². The van der Waals surface area contributed by atoms with Crippen LogP contribution in [0.1, 0.15) is 0 Å². The summed E-state index contributed by atoms with van der Waals surface area (Å²) in [7, 11) is -1.49. The van der Waals surface area contributed by atoms with E-state index in [0.29, 0.717) is 5.46 Å². The number of rotatable bonds is 4. The number of nitrogens with zero attached hydrogens (tertiary/aromatic N) is 1.